The van der Waals surface area contributed by atoms with Crippen LogP contribution in [0.3, 0.4) is 0 Å². The fourth-order valence-corrected chi connectivity index (χ4v) is 3.60. The Bertz CT molecular complexity index is 934. The minimum absolute atomic E-state index is 0.261. The molecule has 146 valence electrons. The fraction of sp³-hybridized carbons (Fsp3) is 0.125. The first-order chi connectivity index (χ1) is 14.1. The van der Waals surface area contributed by atoms with Crippen molar-refractivity contribution in [2.24, 2.45) is 7.05 Å². The summed E-state index contributed by atoms with van der Waals surface area (Å²) in [5.41, 5.74) is 3.67. The minimum Gasteiger partial charge on any atom is -0.334 e. The summed E-state index contributed by atoms with van der Waals surface area (Å²) in [6.45, 7) is 0.261. The summed E-state index contributed by atoms with van der Waals surface area (Å²) in [5, 5.41) is 0. The average molecular weight is 421 g/mol. The standard InChI is InChI=1S/C14H13BCl2.C10H10N2/c16-14(17)11-15(12-7-3-1-4-8-12)13-9-5-2-6-10-13;1-12-8-7-11-10(12)9-5-3-2-4-6-9/h1-10,14H,11H2;2-8H,1H3. The number of imidazole rings is 1. The first kappa shape index (κ1) is 21.2. The van der Waals surface area contributed by atoms with Crippen molar-refractivity contribution in [2.75, 3.05) is 0 Å². The van der Waals surface area contributed by atoms with E-state index >= 15 is 0 Å². The van der Waals surface area contributed by atoms with Crippen LogP contribution in [0.25, 0.3) is 11.4 Å². The van der Waals surface area contributed by atoms with E-state index in [9.17, 15) is 0 Å². The Morgan fingerprint density at radius 3 is 1.69 bits per heavy atom. The van der Waals surface area contributed by atoms with Gasteiger partial charge >= 0.3 is 0 Å². The number of hydrogen-bond acceptors (Lipinski definition) is 1. The number of benzene rings is 3. The van der Waals surface area contributed by atoms with E-state index in [2.05, 4.69) is 41.4 Å². The van der Waals surface area contributed by atoms with E-state index in [1.165, 1.54) is 10.9 Å². The van der Waals surface area contributed by atoms with Crippen LogP contribution in [-0.4, -0.2) is 21.1 Å². The Balaban J connectivity index is 0.000000176. The summed E-state index contributed by atoms with van der Waals surface area (Å²) in [6.07, 6.45) is 4.49. The first-order valence-electron chi connectivity index (χ1n) is 9.56. The molecule has 3 aromatic carbocycles. The van der Waals surface area contributed by atoms with Gasteiger partial charge in [0.1, 0.15) is 10.7 Å². The van der Waals surface area contributed by atoms with E-state index in [1.807, 2.05) is 78.6 Å². The lowest BCUT2D eigenvalue weighted by Gasteiger charge is -2.15. The van der Waals surface area contributed by atoms with Crippen LogP contribution in [-0.2, 0) is 7.05 Å². The highest BCUT2D eigenvalue weighted by atomic mass is 35.5. The fourth-order valence-electron chi connectivity index (χ4n) is 3.24. The highest BCUT2D eigenvalue weighted by Crippen LogP contribution is 2.14. The van der Waals surface area contributed by atoms with Gasteiger partial charge in [-0.05, 0) is 6.32 Å². The van der Waals surface area contributed by atoms with Crippen LogP contribution in [0.1, 0.15) is 0 Å². The second kappa shape index (κ2) is 10.9. The molecule has 0 aliphatic carbocycles. The Hall–Kier alpha value is -2.49. The largest absolute Gasteiger partial charge is 0.334 e. The smallest absolute Gasteiger partial charge is 0.211 e. The summed E-state index contributed by atoms with van der Waals surface area (Å²) in [5.74, 6) is 1.01. The molecule has 29 heavy (non-hydrogen) atoms. The third-order valence-electron chi connectivity index (χ3n) is 4.67. The maximum atomic E-state index is 5.94. The molecule has 0 fully saturated rings. The summed E-state index contributed by atoms with van der Waals surface area (Å²) in [6, 6.07) is 30.8. The van der Waals surface area contributed by atoms with Crippen molar-refractivity contribution in [1.82, 2.24) is 9.55 Å². The monoisotopic (exact) mass is 420 g/mol. The predicted molar refractivity (Wildman–Crippen MR) is 127 cm³/mol. The number of aryl methyl sites for hydroxylation is 1. The first-order valence-corrected chi connectivity index (χ1v) is 10.4. The number of hydrogen-bond donors (Lipinski definition) is 0. The predicted octanol–water partition coefficient (Wildman–Crippen LogP) is 5.19. The molecule has 0 bridgehead atoms. The molecule has 0 amide bonds. The number of alkyl halides is 2. The number of rotatable bonds is 5. The Kier molecular flexibility index (Phi) is 7.98. The molecule has 1 heterocycles. The molecular formula is C24H23BCl2N2. The third-order valence-corrected chi connectivity index (χ3v) is 5.03. The number of nitrogens with zero attached hydrogens (tertiary/aromatic N) is 2. The van der Waals surface area contributed by atoms with Crippen molar-refractivity contribution >= 4 is 40.8 Å². The van der Waals surface area contributed by atoms with Gasteiger partial charge in [0.2, 0.25) is 6.71 Å². The molecule has 0 N–H and O–H groups in total. The van der Waals surface area contributed by atoms with E-state index in [1.54, 1.807) is 0 Å². The summed E-state index contributed by atoms with van der Waals surface area (Å²) < 4.78 is 2.01. The second-order valence-electron chi connectivity index (χ2n) is 6.73. The van der Waals surface area contributed by atoms with Crippen molar-refractivity contribution < 1.29 is 0 Å². The second-order valence-corrected chi connectivity index (χ2v) is 8.01. The summed E-state index contributed by atoms with van der Waals surface area (Å²) >= 11 is 11.9. The van der Waals surface area contributed by atoms with Gasteiger partial charge in [-0.2, -0.15) is 0 Å². The van der Waals surface area contributed by atoms with Gasteiger partial charge in [0, 0.05) is 25.0 Å². The molecule has 0 spiro atoms. The zero-order chi connectivity index (χ0) is 20.5. The normalized spacial score (nSPS) is 10.3. The van der Waals surface area contributed by atoms with Gasteiger partial charge in [-0.1, -0.05) is 102 Å². The van der Waals surface area contributed by atoms with Crippen LogP contribution in [0.15, 0.2) is 103 Å². The molecule has 4 rings (SSSR count). The maximum Gasteiger partial charge on any atom is 0.211 e. The molecule has 0 saturated heterocycles. The SMILES string of the molecule is ClC(Cl)CB(c1ccccc1)c1ccccc1.Cn1ccnc1-c1ccccc1. The van der Waals surface area contributed by atoms with Gasteiger partial charge in [-0.15, -0.1) is 23.2 Å². The van der Waals surface area contributed by atoms with Crippen LogP contribution in [0, 0.1) is 0 Å². The molecule has 5 heteroatoms. The molecule has 0 radical (unpaired) electrons. The molecule has 0 aliphatic heterocycles. The minimum atomic E-state index is -0.347. The Labute approximate surface area is 183 Å². The number of halogens is 2. The van der Waals surface area contributed by atoms with Crippen molar-refractivity contribution in [3.05, 3.63) is 103 Å². The Morgan fingerprint density at radius 2 is 1.28 bits per heavy atom. The van der Waals surface area contributed by atoms with Gasteiger partial charge < -0.3 is 4.57 Å². The lowest BCUT2D eigenvalue weighted by Crippen LogP contribution is -2.42. The average Bonchev–Trinajstić information content (AvgIpc) is 3.20. The van der Waals surface area contributed by atoms with E-state index in [0.29, 0.717) is 0 Å². The summed E-state index contributed by atoms with van der Waals surface area (Å²) in [7, 11) is 2.00. The van der Waals surface area contributed by atoms with Crippen LogP contribution < -0.4 is 10.9 Å². The molecule has 1 aromatic heterocycles. The van der Waals surface area contributed by atoms with Crippen molar-refractivity contribution in [1.29, 1.82) is 0 Å². The van der Waals surface area contributed by atoms with E-state index in [-0.39, 0.29) is 11.5 Å². The van der Waals surface area contributed by atoms with E-state index in [4.69, 9.17) is 23.2 Å². The molecule has 4 aromatic rings. The zero-order valence-corrected chi connectivity index (χ0v) is 17.8. The molecule has 0 atom stereocenters. The maximum absolute atomic E-state index is 5.94. The van der Waals surface area contributed by atoms with Crippen LogP contribution >= 0.6 is 23.2 Å². The lowest BCUT2D eigenvalue weighted by molar-refractivity contribution is 0.925. The highest BCUT2D eigenvalue weighted by Gasteiger charge is 2.21. The van der Waals surface area contributed by atoms with Crippen molar-refractivity contribution in [3.63, 3.8) is 0 Å². The van der Waals surface area contributed by atoms with Crippen molar-refractivity contribution in [2.45, 2.75) is 11.2 Å². The molecule has 0 aliphatic rings. The van der Waals surface area contributed by atoms with Crippen LogP contribution in [0.2, 0.25) is 6.32 Å². The van der Waals surface area contributed by atoms with Gasteiger partial charge in [-0.3, -0.25) is 0 Å². The highest BCUT2D eigenvalue weighted by molar-refractivity contribution is 6.86. The van der Waals surface area contributed by atoms with Gasteiger partial charge in [-0.25, -0.2) is 4.98 Å². The quantitative estimate of drug-likeness (QED) is 0.321. The van der Waals surface area contributed by atoms with Gasteiger partial charge in [0.05, 0.1) is 0 Å². The molecule has 0 saturated carbocycles. The lowest BCUT2D eigenvalue weighted by atomic mass is 9.39. The van der Waals surface area contributed by atoms with E-state index < -0.39 is 0 Å². The van der Waals surface area contributed by atoms with Crippen LogP contribution in [0.5, 0.6) is 0 Å². The third kappa shape index (κ3) is 6.25. The molecule has 2 nitrogen and oxygen atoms in total. The van der Waals surface area contributed by atoms with Crippen LogP contribution in [0.4, 0.5) is 0 Å². The molecular weight excluding hydrogens is 398 g/mol. The van der Waals surface area contributed by atoms with Crippen molar-refractivity contribution in [3.8, 4) is 11.4 Å². The topological polar surface area (TPSA) is 17.8 Å². The van der Waals surface area contributed by atoms with E-state index in [0.717, 1.165) is 17.7 Å². The summed E-state index contributed by atoms with van der Waals surface area (Å²) in [4.78, 5) is 3.90. The number of aromatic nitrogens is 2. The zero-order valence-electron chi connectivity index (χ0n) is 16.3. The molecule has 0 unspecified atom stereocenters. The van der Waals surface area contributed by atoms with Gasteiger partial charge in [0.25, 0.3) is 0 Å². The Morgan fingerprint density at radius 1 is 0.793 bits per heavy atom. The van der Waals surface area contributed by atoms with Gasteiger partial charge in [0.15, 0.2) is 0 Å².